The molecule has 4 fully saturated rings. The Morgan fingerprint density at radius 2 is 1.45 bits per heavy atom. The number of amides is 1. The molecule has 4 saturated carbocycles. The van der Waals surface area contributed by atoms with Gasteiger partial charge < -0.3 is 14.8 Å². The standard InChI is InChI=1S/C27H33NO3/c1-19(27-14-21-11-22(15-27)13-23(12-21)16-27)28-26(29)18-31-25-9-7-24(8-10-25)30-17-20-5-3-2-4-6-20/h2-10,19,21-23H,11-18H2,1H3,(H,28,29)/t19-,21?,22?,23?,27?/m0/s1. The van der Waals surface area contributed by atoms with Gasteiger partial charge in [0.1, 0.15) is 18.1 Å². The molecule has 0 aromatic heterocycles. The summed E-state index contributed by atoms with van der Waals surface area (Å²) in [4.78, 5) is 12.6. The number of rotatable bonds is 8. The van der Waals surface area contributed by atoms with Gasteiger partial charge in [-0.1, -0.05) is 30.3 Å². The van der Waals surface area contributed by atoms with Crippen molar-refractivity contribution in [2.45, 2.75) is 58.1 Å². The molecule has 2 aromatic rings. The van der Waals surface area contributed by atoms with Gasteiger partial charge in [-0.25, -0.2) is 0 Å². The Balaban J connectivity index is 1.09. The first kappa shape index (κ1) is 20.4. The maximum atomic E-state index is 12.6. The van der Waals surface area contributed by atoms with Gasteiger partial charge in [-0.3, -0.25) is 4.79 Å². The van der Waals surface area contributed by atoms with Crippen LogP contribution in [0.1, 0.15) is 51.0 Å². The second kappa shape index (κ2) is 8.57. The van der Waals surface area contributed by atoms with Crippen molar-refractivity contribution in [3.8, 4) is 11.5 Å². The molecule has 4 bridgehead atoms. The molecule has 1 amide bonds. The molecule has 164 valence electrons. The summed E-state index contributed by atoms with van der Waals surface area (Å²) in [5.41, 5.74) is 1.45. The average molecular weight is 420 g/mol. The molecule has 2 aromatic carbocycles. The molecule has 0 unspecified atom stereocenters. The van der Waals surface area contributed by atoms with Gasteiger partial charge in [-0.05, 0) is 98.4 Å². The summed E-state index contributed by atoms with van der Waals surface area (Å²) in [6.45, 7) is 2.80. The molecule has 0 spiro atoms. The zero-order valence-corrected chi connectivity index (χ0v) is 18.4. The lowest BCUT2D eigenvalue weighted by molar-refractivity contribution is -0.127. The lowest BCUT2D eigenvalue weighted by Crippen LogP contribution is -2.56. The zero-order chi connectivity index (χ0) is 21.3. The molecule has 4 heteroatoms. The molecular weight excluding hydrogens is 386 g/mol. The van der Waals surface area contributed by atoms with Gasteiger partial charge in [0.05, 0.1) is 0 Å². The molecule has 31 heavy (non-hydrogen) atoms. The number of carbonyl (C=O) groups excluding carboxylic acids is 1. The van der Waals surface area contributed by atoms with Crippen LogP contribution in [0.5, 0.6) is 11.5 Å². The highest BCUT2D eigenvalue weighted by Crippen LogP contribution is 2.61. The smallest absolute Gasteiger partial charge is 0.258 e. The van der Waals surface area contributed by atoms with E-state index < -0.39 is 0 Å². The van der Waals surface area contributed by atoms with E-state index in [1.807, 2.05) is 54.6 Å². The number of nitrogens with one attached hydrogen (secondary N) is 1. The first-order valence-electron chi connectivity index (χ1n) is 11.8. The van der Waals surface area contributed by atoms with Crippen LogP contribution in [0.25, 0.3) is 0 Å². The minimum atomic E-state index is -0.0207. The topological polar surface area (TPSA) is 47.6 Å². The summed E-state index contributed by atoms with van der Waals surface area (Å²) in [6, 6.07) is 17.8. The molecular formula is C27H33NO3. The van der Waals surface area contributed by atoms with Crippen LogP contribution in [0.3, 0.4) is 0 Å². The highest BCUT2D eigenvalue weighted by Gasteiger charge is 2.53. The van der Waals surface area contributed by atoms with Crippen molar-refractivity contribution >= 4 is 5.91 Å². The SMILES string of the molecule is C[C@H](NC(=O)COc1ccc(OCc2ccccc2)cc1)C12CC3CC(CC(C3)C1)C2. The third kappa shape index (κ3) is 4.58. The fourth-order valence-corrected chi connectivity index (χ4v) is 6.67. The van der Waals surface area contributed by atoms with Crippen LogP contribution in [0.4, 0.5) is 0 Å². The maximum Gasteiger partial charge on any atom is 0.258 e. The van der Waals surface area contributed by atoms with Crippen molar-refractivity contribution < 1.29 is 14.3 Å². The van der Waals surface area contributed by atoms with Crippen molar-refractivity contribution in [1.82, 2.24) is 5.32 Å². The van der Waals surface area contributed by atoms with Gasteiger partial charge in [0.25, 0.3) is 5.91 Å². The fourth-order valence-electron chi connectivity index (χ4n) is 6.67. The first-order valence-corrected chi connectivity index (χ1v) is 11.8. The zero-order valence-electron chi connectivity index (χ0n) is 18.4. The van der Waals surface area contributed by atoms with Gasteiger partial charge in [0.2, 0.25) is 0 Å². The van der Waals surface area contributed by atoms with Crippen LogP contribution in [0, 0.1) is 23.2 Å². The van der Waals surface area contributed by atoms with Crippen LogP contribution < -0.4 is 14.8 Å². The molecule has 4 nitrogen and oxygen atoms in total. The average Bonchev–Trinajstić information content (AvgIpc) is 2.77. The van der Waals surface area contributed by atoms with E-state index in [1.165, 1.54) is 38.5 Å². The molecule has 0 heterocycles. The molecule has 1 atom stereocenters. The van der Waals surface area contributed by atoms with Crippen LogP contribution in [0.2, 0.25) is 0 Å². The number of carbonyl (C=O) groups is 1. The normalized spacial score (nSPS) is 29.4. The largest absolute Gasteiger partial charge is 0.489 e. The Hall–Kier alpha value is -2.49. The molecule has 0 saturated heterocycles. The highest BCUT2D eigenvalue weighted by atomic mass is 16.5. The summed E-state index contributed by atoms with van der Waals surface area (Å²) in [6.07, 6.45) is 8.17. The monoisotopic (exact) mass is 419 g/mol. The third-order valence-corrected chi connectivity index (χ3v) is 7.82. The maximum absolute atomic E-state index is 12.6. The molecule has 0 aliphatic heterocycles. The van der Waals surface area contributed by atoms with Crippen molar-refractivity contribution in [1.29, 1.82) is 0 Å². The summed E-state index contributed by atoms with van der Waals surface area (Å²) in [7, 11) is 0. The van der Waals surface area contributed by atoms with E-state index >= 15 is 0 Å². The Morgan fingerprint density at radius 3 is 2.03 bits per heavy atom. The molecule has 0 radical (unpaired) electrons. The van der Waals surface area contributed by atoms with Crippen molar-refractivity contribution in [2.75, 3.05) is 6.61 Å². The predicted molar refractivity (Wildman–Crippen MR) is 121 cm³/mol. The number of ether oxygens (including phenoxy) is 2. The molecule has 4 aliphatic carbocycles. The van der Waals surface area contributed by atoms with E-state index in [-0.39, 0.29) is 18.6 Å². The summed E-state index contributed by atoms with van der Waals surface area (Å²) in [5, 5.41) is 3.27. The fraction of sp³-hybridized carbons (Fsp3) is 0.519. The van der Waals surface area contributed by atoms with Crippen molar-refractivity contribution in [2.24, 2.45) is 23.2 Å². The summed E-state index contributed by atoms with van der Waals surface area (Å²) >= 11 is 0. The number of hydrogen-bond donors (Lipinski definition) is 1. The Morgan fingerprint density at radius 1 is 0.903 bits per heavy atom. The van der Waals surface area contributed by atoms with Gasteiger partial charge in [-0.2, -0.15) is 0 Å². The highest BCUT2D eigenvalue weighted by molar-refractivity contribution is 5.77. The van der Waals surface area contributed by atoms with Gasteiger partial charge in [0.15, 0.2) is 6.61 Å². The third-order valence-electron chi connectivity index (χ3n) is 7.82. The Kier molecular flexibility index (Phi) is 5.64. The molecule has 4 aliphatic rings. The summed E-state index contributed by atoms with van der Waals surface area (Å²) in [5.74, 6) is 4.13. The van der Waals surface area contributed by atoms with Crippen molar-refractivity contribution in [3.63, 3.8) is 0 Å². The van der Waals surface area contributed by atoms with E-state index in [2.05, 4.69) is 12.2 Å². The Bertz CT molecular complexity index is 857. The van der Waals surface area contributed by atoms with E-state index in [9.17, 15) is 4.79 Å². The quantitative estimate of drug-likeness (QED) is 0.626. The van der Waals surface area contributed by atoms with E-state index in [0.717, 1.165) is 29.1 Å². The van der Waals surface area contributed by atoms with Crippen LogP contribution >= 0.6 is 0 Å². The number of benzene rings is 2. The molecule has 6 rings (SSSR count). The van der Waals surface area contributed by atoms with Crippen LogP contribution in [-0.4, -0.2) is 18.6 Å². The van der Waals surface area contributed by atoms with E-state index in [1.54, 1.807) is 0 Å². The minimum Gasteiger partial charge on any atom is -0.489 e. The van der Waals surface area contributed by atoms with Crippen molar-refractivity contribution in [3.05, 3.63) is 60.2 Å². The summed E-state index contributed by atoms with van der Waals surface area (Å²) < 4.78 is 11.5. The Labute approximate surface area is 185 Å². The van der Waals surface area contributed by atoms with E-state index in [4.69, 9.17) is 9.47 Å². The lowest BCUT2D eigenvalue weighted by Gasteiger charge is -2.59. The number of hydrogen-bond acceptors (Lipinski definition) is 3. The van der Waals surface area contributed by atoms with E-state index in [0.29, 0.717) is 17.8 Å². The minimum absolute atomic E-state index is 0.0207. The van der Waals surface area contributed by atoms with Gasteiger partial charge >= 0.3 is 0 Å². The van der Waals surface area contributed by atoms with Crippen LogP contribution in [-0.2, 0) is 11.4 Å². The molecule has 1 N–H and O–H groups in total. The second-order valence-corrected chi connectivity index (χ2v) is 10.1. The van der Waals surface area contributed by atoms with Gasteiger partial charge in [-0.15, -0.1) is 0 Å². The lowest BCUT2D eigenvalue weighted by atomic mass is 9.48. The van der Waals surface area contributed by atoms with Crippen LogP contribution in [0.15, 0.2) is 54.6 Å². The van der Waals surface area contributed by atoms with Gasteiger partial charge in [0, 0.05) is 6.04 Å². The second-order valence-electron chi connectivity index (χ2n) is 10.1. The first-order chi connectivity index (χ1) is 15.1. The predicted octanol–water partition coefficient (Wildman–Crippen LogP) is 5.37.